The molecule has 1 unspecified atom stereocenters. The maximum Gasteiger partial charge on any atom is 0.228 e. The molecule has 2 aliphatic heterocycles. The molecule has 4 aliphatic rings. The van der Waals surface area contributed by atoms with E-state index >= 15 is 0 Å². The Morgan fingerprint density at radius 1 is 0.889 bits per heavy atom. The average molecular weight is 482 g/mol. The van der Waals surface area contributed by atoms with Crippen molar-refractivity contribution in [3.63, 3.8) is 0 Å². The number of hydrogen-bond acceptors (Lipinski definition) is 3. The number of para-hydroxylation sites is 2. The van der Waals surface area contributed by atoms with Crippen molar-refractivity contribution in [1.82, 2.24) is 4.90 Å². The van der Waals surface area contributed by atoms with Gasteiger partial charge in [-0.3, -0.25) is 9.59 Å². The Labute approximate surface area is 213 Å². The molecule has 2 fully saturated rings. The van der Waals surface area contributed by atoms with Crippen LogP contribution in [0.15, 0.2) is 78.9 Å². The van der Waals surface area contributed by atoms with Crippen molar-refractivity contribution < 1.29 is 9.59 Å². The predicted molar refractivity (Wildman–Crippen MR) is 143 cm³/mol. The first kappa shape index (κ1) is 23.1. The van der Waals surface area contributed by atoms with Gasteiger partial charge in [0.1, 0.15) is 0 Å². The van der Waals surface area contributed by atoms with Crippen molar-refractivity contribution >= 4 is 23.2 Å². The molecule has 0 aromatic heterocycles. The molecular formula is C31H35N3O2. The summed E-state index contributed by atoms with van der Waals surface area (Å²) in [5.74, 6) is 0.418. The van der Waals surface area contributed by atoms with E-state index in [1.165, 1.54) is 5.56 Å². The van der Waals surface area contributed by atoms with Crippen LogP contribution in [0.2, 0.25) is 0 Å². The van der Waals surface area contributed by atoms with Crippen molar-refractivity contribution in [2.45, 2.75) is 50.6 Å². The Morgan fingerprint density at radius 3 is 2.47 bits per heavy atom. The third-order valence-electron chi connectivity index (χ3n) is 8.73. The molecule has 6 rings (SSSR count). The number of likely N-dealkylation sites (tertiary alicyclic amines) is 1. The van der Waals surface area contributed by atoms with Gasteiger partial charge in [0.25, 0.3) is 0 Å². The van der Waals surface area contributed by atoms with Gasteiger partial charge in [0.2, 0.25) is 11.8 Å². The second kappa shape index (κ2) is 9.96. The van der Waals surface area contributed by atoms with E-state index in [9.17, 15) is 9.59 Å². The fourth-order valence-electron chi connectivity index (χ4n) is 7.01. The van der Waals surface area contributed by atoms with Crippen LogP contribution in [0.4, 0.5) is 11.4 Å². The molecule has 0 bridgehead atoms. The lowest BCUT2D eigenvalue weighted by Gasteiger charge is -2.43. The number of nitrogens with zero attached hydrogens (tertiary/aromatic N) is 1. The summed E-state index contributed by atoms with van der Waals surface area (Å²) in [6.07, 6.45) is 14.4. The van der Waals surface area contributed by atoms with Crippen LogP contribution in [0.1, 0.15) is 50.1 Å². The number of benzene rings is 2. The molecule has 186 valence electrons. The Hall–Kier alpha value is -3.34. The molecule has 2 heterocycles. The van der Waals surface area contributed by atoms with E-state index in [1.54, 1.807) is 0 Å². The van der Waals surface area contributed by atoms with E-state index in [0.717, 1.165) is 56.4 Å². The number of amides is 2. The van der Waals surface area contributed by atoms with Gasteiger partial charge in [-0.05, 0) is 49.4 Å². The van der Waals surface area contributed by atoms with Gasteiger partial charge in [-0.2, -0.15) is 0 Å². The number of rotatable bonds is 4. The third kappa shape index (κ3) is 4.25. The standard InChI is InChI=1S/C31H35N3O2/c35-30(32-22-13-5-2-6-14-22)23-15-7-8-16-24(23)31(36)34-20-19-26-28(21-11-3-1-4-12-21)33-27-18-10-9-17-25(27)29(26)34/h1-6,9-11,13-14,17-18,21,23-24,26,28-29,33H,7-8,12,15-16,19-20H2,(H,32,35)/t21?,23-,24+,26+,28-,29-/m0/s1. The highest BCUT2D eigenvalue weighted by atomic mass is 16.2. The van der Waals surface area contributed by atoms with Crippen molar-refractivity contribution in [2.75, 3.05) is 17.2 Å². The van der Waals surface area contributed by atoms with Crippen LogP contribution in [-0.2, 0) is 9.59 Å². The quantitative estimate of drug-likeness (QED) is 0.567. The van der Waals surface area contributed by atoms with Gasteiger partial charge in [-0.1, -0.05) is 73.5 Å². The van der Waals surface area contributed by atoms with Crippen molar-refractivity contribution in [3.05, 3.63) is 84.5 Å². The zero-order valence-corrected chi connectivity index (χ0v) is 20.7. The molecule has 5 heteroatoms. The minimum atomic E-state index is -0.273. The molecular weight excluding hydrogens is 446 g/mol. The molecule has 6 atom stereocenters. The molecule has 36 heavy (non-hydrogen) atoms. The molecule has 5 nitrogen and oxygen atoms in total. The smallest absolute Gasteiger partial charge is 0.228 e. The summed E-state index contributed by atoms with van der Waals surface area (Å²) in [5.41, 5.74) is 3.17. The van der Waals surface area contributed by atoms with Crippen molar-refractivity contribution in [1.29, 1.82) is 0 Å². The minimum absolute atomic E-state index is 0.0160. The Morgan fingerprint density at radius 2 is 1.67 bits per heavy atom. The highest BCUT2D eigenvalue weighted by Crippen LogP contribution is 2.50. The Bertz CT molecular complexity index is 1170. The van der Waals surface area contributed by atoms with E-state index < -0.39 is 0 Å². The van der Waals surface area contributed by atoms with Crippen molar-refractivity contribution in [2.24, 2.45) is 23.7 Å². The van der Waals surface area contributed by atoms with Crippen LogP contribution in [0.5, 0.6) is 0 Å². The maximum atomic E-state index is 14.2. The van der Waals surface area contributed by atoms with Gasteiger partial charge in [0.15, 0.2) is 0 Å². The Balaban J connectivity index is 1.27. The SMILES string of the molecule is O=C(Nc1ccccc1)[C@H]1CCCC[C@H]1C(=O)N1CC[C@@H]2[C@H](C3C=CC=CC3)Nc3ccccc3[C@@H]21. The summed E-state index contributed by atoms with van der Waals surface area (Å²) >= 11 is 0. The molecule has 2 N–H and O–H groups in total. The van der Waals surface area contributed by atoms with E-state index in [0.29, 0.717) is 17.9 Å². The zero-order valence-electron chi connectivity index (χ0n) is 20.7. The van der Waals surface area contributed by atoms with E-state index in [1.807, 2.05) is 30.3 Å². The van der Waals surface area contributed by atoms with Gasteiger partial charge >= 0.3 is 0 Å². The van der Waals surface area contributed by atoms with Gasteiger partial charge in [0.05, 0.1) is 6.04 Å². The number of hydrogen-bond donors (Lipinski definition) is 2. The van der Waals surface area contributed by atoms with Crippen LogP contribution in [-0.4, -0.2) is 29.3 Å². The number of allylic oxidation sites excluding steroid dienone is 3. The van der Waals surface area contributed by atoms with Gasteiger partial charge in [-0.25, -0.2) is 0 Å². The van der Waals surface area contributed by atoms with Gasteiger partial charge in [-0.15, -0.1) is 0 Å². The van der Waals surface area contributed by atoms with Crippen LogP contribution in [0.25, 0.3) is 0 Å². The summed E-state index contributed by atoms with van der Waals surface area (Å²) in [4.78, 5) is 29.7. The summed E-state index contributed by atoms with van der Waals surface area (Å²) in [5, 5.41) is 6.92. The topological polar surface area (TPSA) is 61.4 Å². The second-order valence-electron chi connectivity index (χ2n) is 10.8. The van der Waals surface area contributed by atoms with E-state index in [4.69, 9.17) is 0 Å². The van der Waals surface area contributed by atoms with Gasteiger partial charge in [0, 0.05) is 47.6 Å². The number of anilines is 2. The van der Waals surface area contributed by atoms with Crippen LogP contribution in [0.3, 0.4) is 0 Å². The number of nitrogens with one attached hydrogen (secondary N) is 2. The number of carbonyl (C=O) groups excluding carboxylic acids is 2. The summed E-state index contributed by atoms with van der Waals surface area (Å²) in [6.45, 7) is 0.760. The fraction of sp³-hybridized carbons (Fsp3) is 0.419. The van der Waals surface area contributed by atoms with Crippen LogP contribution in [0, 0.1) is 23.7 Å². The lowest BCUT2D eigenvalue weighted by molar-refractivity contribution is -0.143. The van der Waals surface area contributed by atoms with Crippen molar-refractivity contribution in [3.8, 4) is 0 Å². The zero-order chi connectivity index (χ0) is 24.5. The monoisotopic (exact) mass is 481 g/mol. The number of carbonyl (C=O) groups is 2. The largest absolute Gasteiger partial charge is 0.381 e. The molecule has 2 amide bonds. The highest BCUT2D eigenvalue weighted by Gasteiger charge is 2.49. The first-order chi connectivity index (χ1) is 17.7. The lowest BCUT2D eigenvalue weighted by atomic mass is 9.75. The predicted octanol–water partition coefficient (Wildman–Crippen LogP) is 5.95. The van der Waals surface area contributed by atoms with E-state index in [2.05, 4.69) is 64.1 Å². The maximum absolute atomic E-state index is 14.2. The first-order valence-corrected chi connectivity index (χ1v) is 13.6. The normalized spacial score (nSPS) is 30.7. The molecule has 0 radical (unpaired) electrons. The Kier molecular flexibility index (Phi) is 6.39. The fourth-order valence-corrected chi connectivity index (χ4v) is 7.01. The second-order valence-corrected chi connectivity index (χ2v) is 10.8. The van der Waals surface area contributed by atoms with Crippen LogP contribution < -0.4 is 10.6 Å². The molecule has 2 aromatic carbocycles. The summed E-state index contributed by atoms with van der Waals surface area (Å²) < 4.78 is 0. The minimum Gasteiger partial charge on any atom is -0.381 e. The molecule has 2 aliphatic carbocycles. The van der Waals surface area contributed by atoms with Crippen LogP contribution >= 0.6 is 0 Å². The average Bonchev–Trinajstić information content (AvgIpc) is 3.39. The van der Waals surface area contributed by atoms with E-state index in [-0.39, 0.29) is 29.7 Å². The highest BCUT2D eigenvalue weighted by molar-refractivity contribution is 5.96. The summed E-state index contributed by atoms with van der Waals surface area (Å²) in [7, 11) is 0. The van der Waals surface area contributed by atoms with Gasteiger partial charge < -0.3 is 15.5 Å². The number of fused-ring (bicyclic) bond motifs is 3. The first-order valence-electron chi connectivity index (χ1n) is 13.6. The molecule has 1 saturated carbocycles. The third-order valence-corrected chi connectivity index (χ3v) is 8.73. The molecule has 1 saturated heterocycles. The molecule has 2 aromatic rings. The lowest BCUT2D eigenvalue weighted by Crippen LogP contribution is -2.47. The molecule has 0 spiro atoms. The summed E-state index contributed by atoms with van der Waals surface area (Å²) in [6, 6.07) is 18.5.